The summed E-state index contributed by atoms with van der Waals surface area (Å²) in [5, 5.41) is 0. The van der Waals surface area contributed by atoms with E-state index in [1.54, 1.807) is 6.20 Å². The quantitative estimate of drug-likeness (QED) is 0.798. The highest BCUT2D eigenvalue weighted by molar-refractivity contribution is 5.78. The highest BCUT2D eigenvalue weighted by atomic mass is 19.4. The van der Waals surface area contributed by atoms with E-state index in [1.165, 1.54) is 12.1 Å². The van der Waals surface area contributed by atoms with Crippen LogP contribution >= 0.6 is 0 Å². The predicted octanol–water partition coefficient (Wildman–Crippen LogP) is 3.55. The van der Waals surface area contributed by atoms with Gasteiger partial charge in [-0.15, -0.1) is 0 Å². The lowest BCUT2D eigenvalue weighted by atomic mass is 9.89. The first kappa shape index (κ1) is 21.5. The maximum absolute atomic E-state index is 12.9. The molecule has 9 heteroatoms. The molecule has 0 spiro atoms. The molecule has 2 aromatic rings. The Morgan fingerprint density at radius 1 is 1.10 bits per heavy atom. The van der Waals surface area contributed by atoms with E-state index < -0.39 is 11.7 Å². The zero-order chi connectivity index (χ0) is 22.0. The van der Waals surface area contributed by atoms with E-state index in [9.17, 15) is 18.0 Å². The van der Waals surface area contributed by atoms with Crippen LogP contribution in [-0.2, 0) is 11.0 Å². The molecule has 1 aromatic heterocycles. The monoisotopic (exact) mass is 433 g/mol. The van der Waals surface area contributed by atoms with Gasteiger partial charge in [0.15, 0.2) is 0 Å². The number of carbonyl (C=O) groups excluding carboxylic acids is 1. The smallest absolute Gasteiger partial charge is 0.368 e. The normalized spacial score (nSPS) is 20.2. The Hall–Kier alpha value is -2.68. The molecule has 2 saturated heterocycles. The van der Waals surface area contributed by atoms with Crippen LogP contribution in [0.1, 0.15) is 42.9 Å². The molecule has 2 aliphatic rings. The van der Waals surface area contributed by atoms with Crippen LogP contribution in [0.5, 0.6) is 0 Å². The third-order valence-corrected chi connectivity index (χ3v) is 6.08. The molecule has 1 amide bonds. The van der Waals surface area contributed by atoms with E-state index in [0.29, 0.717) is 36.5 Å². The van der Waals surface area contributed by atoms with Gasteiger partial charge in [0.1, 0.15) is 0 Å². The third kappa shape index (κ3) is 4.98. The van der Waals surface area contributed by atoms with Crippen LogP contribution in [0.3, 0.4) is 0 Å². The van der Waals surface area contributed by atoms with Gasteiger partial charge in [-0.2, -0.15) is 13.2 Å². The number of anilines is 1. The molecule has 1 aromatic carbocycles. The molecule has 2 aliphatic heterocycles. The standard InChI is InChI=1S/C22H26F3N5O/c23-22(24,25)17-7-5-15(6-8-17)18-12-27-21(26)28-20(18)16-4-3-11-30(13-16)19(31)14-29-9-1-2-10-29/h5-8,12,16H,1-4,9-11,13-14H2,(H2,26,27,28)/t16-/m1/s1. The van der Waals surface area contributed by atoms with Gasteiger partial charge in [-0.1, -0.05) is 12.1 Å². The van der Waals surface area contributed by atoms with Gasteiger partial charge in [-0.25, -0.2) is 9.97 Å². The summed E-state index contributed by atoms with van der Waals surface area (Å²) in [4.78, 5) is 25.4. The number of alkyl halides is 3. The Morgan fingerprint density at radius 3 is 2.48 bits per heavy atom. The van der Waals surface area contributed by atoms with Gasteiger partial charge in [0.2, 0.25) is 11.9 Å². The number of nitrogen functional groups attached to an aromatic ring is 1. The number of benzene rings is 1. The van der Waals surface area contributed by atoms with Crippen molar-refractivity contribution in [3.63, 3.8) is 0 Å². The summed E-state index contributed by atoms with van der Waals surface area (Å²) in [5.41, 5.74) is 7.08. The van der Waals surface area contributed by atoms with E-state index in [-0.39, 0.29) is 17.8 Å². The average Bonchev–Trinajstić information content (AvgIpc) is 3.26. The highest BCUT2D eigenvalue weighted by Crippen LogP contribution is 2.35. The van der Waals surface area contributed by atoms with Crippen molar-refractivity contribution in [3.05, 3.63) is 41.7 Å². The van der Waals surface area contributed by atoms with Gasteiger partial charge in [-0.3, -0.25) is 9.69 Å². The van der Waals surface area contributed by atoms with E-state index in [4.69, 9.17) is 5.73 Å². The number of halogens is 3. The topological polar surface area (TPSA) is 75.3 Å². The van der Waals surface area contributed by atoms with Crippen molar-refractivity contribution in [3.8, 4) is 11.1 Å². The van der Waals surface area contributed by atoms with Crippen LogP contribution in [0.2, 0.25) is 0 Å². The molecular formula is C22H26F3N5O. The van der Waals surface area contributed by atoms with Crippen molar-refractivity contribution in [1.82, 2.24) is 19.8 Å². The molecule has 31 heavy (non-hydrogen) atoms. The molecule has 0 saturated carbocycles. The molecule has 2 N–H and O–H groups in total. The van der Waals surface area contributed by atoms with Crippen molar-refractivity contribution in [2.24, 2.45) is 0 Å². The first-order valence-electron chi connectivity index (χ1n) is 10.6. The van der Waals surface area contributed by atoms with E-state index >= 15 is 0 Å². The van der Waals surface area contributed by atoms with Crippen LogP contribution in [-0.4, -0.2) is 58.4 Å². The van der Waals surface area contributed by atoms with Crippen molar-refractivity contribution in [2.75, 3.05) is 38.5 Å². The summed E-state index contributed by atoms with van der Waals surface area (Å²) in [6, 6.07) is 4.98. The number of hydrogen-bond donors (Lipinski definition) is 1. The number of nitrogens with zero attached hydrogens (tertiary/aromatic N) is 4. The summed E-state index contributed by atoms with van der Waals surface area (Å²) in [5.74, 6) is 0.190. The number of aromatic nitrogens is 2. The summed E-state index contributed by atoms with van der Waals surface area (Å²) in [6.07, 6.45) is 1.10. The number of likely N-dealkylation sites (tertiary alicyclic amines) is 2. The number of carbonyl (C=O) groups is 1. The van der Waals surface area contributed by atoms with E-state index in [1.807, 2.05) is 4.90 Å². The molecular weight excluding hydrogens is 407 g/mol. The predicted molar refractivity (Wildman–Crippen MR) is 111 cm³/mol. The second-order valence-corrected chi connectivity index (χ2v) is 8.26. The fraction of sp³-hybridized carbons (Fsp3) is 0.500. The lowest BCUT2D eigenvalue weighted by Crippen LogP contribution is -2.44. The minimum Gasteiger partial charge on any atom is -0.368 e. The fourth-order valence-corrected chi connectivity index (χ4v) is 4.44. The van der Waals surface area contributed by atoms with Crippen molar-refractivity contribution in [1.29, 1.82) is 0 Å². The van der Waals surface area contributed by atoms with Crippen LogP contribution in [0.25, 0.3) is 11.1 Å². The zero-order valence-corrected chi connectivity index (χ0v) is 17.2. The lowest BCUT2D eigenvalue weighted by Gasteiger charge is -2.34. The second-order valence-electron chi connectivity index (χ2n) is 8.26. The molecule has 6 nitrogen and oxygen atoms in total. The maximum Gasteiger partial charge on any atom is 0.416 e. The summed E-state index contributed by atoms with van der Waals surface area (Å²) < 4.78 is 38.8. The van der Waals surface area contributed by atoms with Gasteiger partial charge >= 0.3 is 6.18 Å². The summed E-state index contributed by atoms with van der Waals surface area (Å²) >= 11 is 0. The largest absolute Gasteiger partial charge is 0.416 e. The lowest BCUT2D eigenvalue weighted by molar-refractivity contribution is -0.137. The number of hydrogen-bond acceptors (Lipinski definition) is 5. The Kier molecular flexibility index (Phi) is 6.13. The summed E-state index contributed by atoms with van der Waals surface area (Å²) in [7, 11) is 0. The fourth-order valence-electron chi connectivity index (χ4n) is 4.44. The second kappa shape index (κ2) is 8.82. The van der Waals surface area contributed by atoms with Crippen LogP contribution in [0, 0.1) is 0 Å². The average molecular weight is 433 g/mol. The van der Waals surface area contributed by atoms with E-state index in [0.717, 1.165) is 50.9 Å². The van der Waals surface area contributed by atoms with Gasteiger partial charge in [0, 0.05) is 30.8 Å². The van der Waals surface area contributed by atoms with Gasteiger partial charge in [0.05, 0.1) is 17.8 Å². The van der Waals surface area contributed by atoms with Crippen molar-refractivity contribution in [2.45, 2.75) is 37.8 Å². The first-order valence-corrected chi connectivity index (χ1v) is 10.6. The molecule has 4 rings (SSSR count). The van der Waals surface area contributed by atoms with Crippen molar-refractivity contribution < 1.29 is 18.0 Å². The Bertz CT molecular complexity index is 926. The molecule has 3 heterocycles. The summed E-state index contributed by atoms with van der Waals surface area (Å²) in [6.45, 7) is 3.59. The number of amides is 1. The SMILES string of the molecule is Nc1ncc(-c2ccc(C(F)(F)F)cc2)c([C@@H]2CCCN(C(=O)CN3CCCC3)C2)n1. The van der Waals surface area contributed by atoms with Gasteiger partial charge in [-0.05, 0) is 56.5 Å². The Balaban J connectivity index is 1.56. The molecule has 166 valence electrons. The maximum atomic E-state index is 12.9. The molecule has 0 unspecified atom stereocenters. The number of nitrogens with two attached hydrogens (primary N) is 1. The number of rotatable bonds is 4. The Labute approximate surface area is 179 Å². The highest BCUT2D eigenvalue weighted by Gasteiger charge is 2.31. The molecule has 2 fully saturated rings. The van der Waals surface area contributed by atoms with Crippen LogP contribution < -0.4 is 5.73 Å². The Morgan fingerprint density at radius 2 is 1.81 bits per heavy atom. The zero-order valence-electron chi connectivity index (χ0n) is 17.2. The molecule has 1 atom stereocenters. The number of piperidine rings is 1. The van der Waals surface area contributed by atoms with E-state index in [2.05, 4.69) is 14.9 Å². The minimum atomic E-state index is -4.39. The van der Waals surface area contributed by atoms with Gasteiger partial charge < -0.3 is 10.6 Å². The molecule has 0 radical (unpaired) electrons. The minimum absolute atomic E-state index is 0.0427. The van der Waals surface area contributed by atoms with Crippen LogP contribution in [0.4, 0.5) is 19.1 Å². The molecule has 0 bridgehead atoms. The molecule has 0 aliphatic carbocycles. The van der Waals surface area contributed by atoms with Gasteiger partial charge in [0.25, 0.3) is 0 Å². The van der Waals surface area contributed by atoms with Crippen LogP contribution in [0.15, 0.2) is 30.5 Å². The van der Waals surface area contributed by atoms with Crippen molar-refractivity contribution >= 4 is 11.9 Å². The first-order chi connectivity index (χ1) is 14.8. The third-order valence-electron chi connectivity index (χ3n) is 6.08.